The number of halogens is 4. The van der Waals surface area contributed by atoms with Crippen LogP contribution >= 0.6 is 22.9 Å². The molecule has 0 saturated carbocycles. The maximum atomic E-state index is 13.0. The molecule has 9 nitrogen and oxygen atoms in total. The molecule has 0 aromatic carbocycles. The van der Waals surface area contributed by atoms with Crippen molar-refractivity contribution >= 4 is 46.4 Å². The van der Waals surface area contributed by atoms with Crippen LogP contribution < -0.4 is 15.5 Å². The second kappa shape index (κ2) is 10.1. The third-order valence-corrected chi connectivity index (χ3v) is 6.66. The van der Waals surface area contributed by atoms with E-state index in [9.17, 15) is 22.8 Å². The molecule has 3 aromatic rings. The van der Waals surface area contributed by atoms with Crippen molar-refractivity contribution in [1.82, 2.24) is 25.3 Å². The van der Waals surface area contributed by atoms with Gasteiger partial charge in [-0.15, -0.1) is 11.3 Å². The molecule has 1 aliphatic rings. The lowest BCUT2D eigenvalue weighted by atomic mass is 10.2. The Labute approximate surface area is 206 Å². The Kier molecular flexibility index (Phi) is 7.17. The van der Waals surface area contributed by atoms with Gasteiger partial charge in [-0.1, -0.05) is 11.6 Å². The Hall–Kier alpha value is -3.32. The number of hydrogen-bond acceptors (Lipinski definition) is 8. The van der Waals surface area contributed by atoms with E-state index in [1.165, 1.54) is 12.5 Å². The molecule has 1 unspecified atom stereocenters. The SMILES string of the molecule is CC(NC(=O)c1cc(N2CCCC2)ncn1)c1ncc(C(=O)Nc2cc(C(F)(F)F)c(Cl)cn2)s1. The average Bonchev–Trinajstić information content (AvgIpc) is 3.52. The van der Waals surface area contributed by atoms with Gasteiger partial charge >= 0.3 is 6.18 Å². The zero-order valence-electron chi connectivity index (χ0n) is 18.3. The Morgan fingerprint density at radius 1 is 1.09 bits per heavy atom. The fraction of sp³-hybridized carbons (Fsp3) is 0.333. The number of amides is 2. The van der Waals surface area contributed by atoms with Gasteiger partial charge in [0.05, 0.1) is 22.8 Å². The van der Waals surface area contributed by atoms with Crippen LogP contribution in [0, 0.1) is 0 Å². The van der Waals surface area contributed by atoms with Crippen LogP contribution in [0.4, 0.5) is 24.8 Å². The molecule has 184 valence electrons. The van der Waals surface area contributed by atoms with Gasteiger partial charge in [0.1, 0.15) is 33.5 Å². The first-order valence-corrected chi connectivity index (χ1v) is 11.7. The third-order valence-electron chi connectivity index (χ3n) is 5.18. The van der Waals surface area contributed by atoms with Gasteiger partial charge in [-0.05, 0) is 25.8 Å². The molecule has 14 heteroatoms. The van der Waals surface area contributed by atoms with Crippen molar-refractivity contribution in [3.8, 4) is 0 Å². The van der Waals surface area contributed by atoms with Gasteiger partial charge in [0.15, 0.2) is 0 Å². The first kappa shape index (κ1) is 24.8. The highest BCUT2D eigenvalue weighted by Gasteiger charge is 2.34. The molecule has 0 bridgehead atoms. The summed E-state index contributed by atoms with van der Waals surface area (Å²) in [4.78, 5) is 43.5. The largest absolute Gasteiger partial charge is 0.418 e. The fourth-order valence-electron chi connectivity index (χ4n) is 3.42. The number of thiazole rings is 1. The lowest BCUT2D eigenvalue weighted by molar-refractivity contribution is -0.137. The summed E-state index contributed by atoms with van der Waals surface area (Å²) >= 11 is 6.54. The summed E-state index contributed by atoms with van der Waals surface area (Å²) in [6, 6.07) is 1.73. The number of nitrogens with one attached hydrogen (secondary N) is 2. The van der Waals surface area contributed by atoms with Gasteiger partial charge < -0.3 is 15.5 Å². The molecule has 1 atom stereocenters. The van der Waals surface area contributed by atoms with Crippen LogP contribution in [0.25, 0.3) is 0 Å². The van der Waals surface area contributed by atoms with E-state index in [1.807, 2.05) is 0 Å². The number of anilines is 2. The monoisotopic (exact) mass is 525 g/mol. The van der Waals surface area contributed by atoms with Gasteiger partial charge in [0.25, 0.3) is 11.8 Å². The second-order valence-corrected chi connectivity index (χ2v) is 9.18. The standard InChI is InChI=1S/C21H19ClF3N7O2S/c1-11(30-18(33)14-7-17(29-10-28-14)32-4-2-3-5-32)20-27-9-15(35-20)19(34)31-16-6-12(21(23,24)25)13(22)8-26-16/h6-11H,2-5H2,1H3,(H,30,33)(H,26,31,34). The zero-order valence-corrected chi connectivity index (χ0v) is 19.8. The van der Waals surface area contributed by atoms with Crippen LogP contribution in [-0.2, 0) is 6.18 Å². The summed E-state index contributed by atoms with van der Waals surface area (Å²) in [5.41, 5.74) is -0.902. The van der Waals surface area contributed by atoms with Crippen LogP contribution in [0.2, 0.25) is 5.02 Å². The van der Waals surface area contributed by atoms with E-state index in [2.05, 4.69) is 35.5 Å². The molecule has 0 spiro atoms. The summed E-state index contributed by atoms with van der Waals surface area (Å²) in [7, 11) is 0. The van der Waals surface area contributed by atoms with Crippen molar-refractivity contribution in [1.29, 1.82) is 0 Å². The van der Waals surface area contributed by atoms with E-state index in [1.54, 1.807) is 13.0 Å². The van der Waals surface area contributed by atoms with Crippen LogP contribution in [0.1, 0.15) is 56.5 Å². The number of carbonyl (C=O) groups excluding carboxylic acids is 2. The summed E-state index contributed by atoms with van der Waals surface area (Å²) < 4.78 is 39.1. The molecule has 4 heterocycles. The topological polar surface area (TPSA) is 113 Å². The van der Waals surface area contributed by atoms with Gasteiger partial charge in [-0.3, -0.25) is 9.59 Å². The molecule has 1 fully saturated rings. The molecule has 3 aromatic heterocycles. The summed E-state index contributed by atoms with van der Waals surface area (Å²) in [5.74, 6) is -0.735. The van der Waals surface area contributed by atoms with Crippen LogP contribution in [0.5, 0.6) is 0 Å². The number of carbonyl (C=O) groups is 2. The number of nitrogens with zero attached hydrogens (tertiary/aromatic N) is 5. The van der Waals surface area contributed by atoms with Gasteiger partial charge in [0.2, 0.25) is 0 Å². The zero-order chi connectivity index (χ0) is 25.2. The average molecular weight is 526 g/mol. The molecule has 0 radical (unpaired) electrons. The third kappa shape index (κ3) is 5.85. The maximum Gasteiger partial charge on any atom is 0.418 e. The van der Waals surface area contributed by atoms with Gasteiger partial charge in [-0.2, -0.15) is 13.2 Å². The Bertz CT molecular complexity index is 1250. The number of rotatable bonds is 6. The highest BCUT2D eigenvalue weighted by Crippen LogP contribution is 2.35. The van der Waals surface area contributed by atoms with E-state index in [-0.39, 0.29) is 16.4 Å². The molecule has 0 aliphatic carbocycles. The van der Waals surface area contributed by atoms with E-state index in [4.69, 9.17) is 11.6 Å². The number of alkyl halides is 3. The minimum absolute atomic E-state index is 0.129. The van der Waals surface area contributed by atoms with Gasteiger partial charge in [-0.25, -0.2) is 19.9 Å². The Balaban J connectivity index is 1.40. The smallest absolute Gasteiger partial charge is 0.357 e. The molecule has 2 amide bonds. The van der Waals surface area contributed by atoms with E-state index in [0.717, 1.165) is 43.5 Å². The minimum atomic E-state index is -4.69. The summed E-state index contributed by atoms with van der Waals surface area (Å²) in [6.45, 7) is 3.44. The Morgan fingerprint density at radius 2 is 1.83 bits per heavy atom. The van der Waals surface area contributed by atoms with Crippen molar-refractivity contribution < 1.29 is 22.8 Å². The predicted octanol–water partition coefficient (Wildman–Crippen LogP) is 4.34. The van der Waals surface area contributed by atoms with E-state index >= 15 is 0 Å². The lowest BCUT2D eigenvalue weighted by Gasteiger charge is -2.16. The highest BCUT2D eigenvalue weighted by molar-refractivity contribution is 7.13. The number of hydrogen-bond donors (Lipinski definition) is 2. The first-order valence-electron chi connectivity index (χ1n) is 10.5. The van der Waals surface area contributed by atoms with Crippen molar-refractivity contribution in [3.05, 3.63) is 57.0 Å². The molecular formula is C21H19ClF3N7O2S. The normalized spacial score (nSPS) is 14.6. The molecular weight excluding hydrogens is 507 g/mol. The molecule has 1 saturated heterocycles. The molecule has 35 heavy (non-hydrogen) atoms. The fourth-order valence-corrected chi connectivity index (χ4v) is 4.44. The summed E-state index contributed by atoms with van der Waals surface area (Å²) in [5, 5.41) is 4.94. The van der Waals surface area contributed by atoms with Crippen LogP contribution in [0.3, 0.4) is 0 Å². The molecule has 2 N–H and O–H groups in total. The number of pyridine rings is 1. The van der Waals surface area contributed by atoms with Crippen LogP contribution in [0.15, 0.2) is 30.9 Å². The van der Waals surface area contributed by atoms with E-state index < -0.39 is 34.6 Å². The maximum absolute atomic E-state index is 13.0. The van der Waals surface area contributed by atoms with Crippen molar-refractivity contribution in [3.63, 3.8) is 0 Å². The highest BCUT2D eigenvalue weighted by atomic mass is 35.5. The first-order chi connectivity index (χ1) is 16.6. The van der Waals surface area contributed by atoms with E-state index in [0.29, 0.717) is 16.9 Å². The van der Waals surface area contributed by atoms with Crippen molar-refractivity contribution in [2.45, 2.75) is 32.0 Å². The molecule has 4 rings (SSSR count). The van der Waals surface area contributed by atoms with Gasteiger partial charge in [0, 0.05) is 25.4 Å². The lowest BCUT2D eigenvalue weighted by Crippen LogP contribution is -2.28. The quantitative estimate of drug-likeness (QED) is 0.492. The molecule has 1 aliphatic heterocycles. The number of aromatic nitrogens is 4. The van der Waals surface area contributed by atoms with Crippen molar-refractivity contribution in [2.75, 3.05) is 23.3 Å². The van der Waals surface area contributed by atoms with Crippen molar-refractivity contribution in [2.24, 2.45) is 0 Å². The second-order valence-electron chi connectivity index (χ2n) is 7.71. The van der Waals surface area contributed by atoms with Crippen LogP contribution in [-0.4, -0.2) is 44.8 Å². The Morgan fingerprint density at radius 3 is 2.54 bits per heavy atom. The summed E-state index contributed by atoms with van der Waals surface area (Å²) in [6.07, 6.45) is 0.880. The minimum Gasteiger partial charge on any atom is -0.357 e. The predicted molar refractivity (Wildman–Crippen MR) is 124 cm³/mol.